The van der Waals surface area contributed by atoms with Crippen molar-refractivity contribution < 1.29 is 8.98 Å². The zero-order valence-corrected chi connectivity index (χ0v) is 19.6. The zero-order valence-electron chi connectivity index (χ0n) is 18.8. The van der Waals surface area contributed by atoms with E-state index in [1.807, 2.05) is 18.0 Å². The van der Waals surface area contributed by atoms with Crippen molar-refractivity contribution in [2.45, 2.75) is 60.7 Å². The molecule has 3 heterocycles. The Bertz CT molecular complexity index is 1430. The molecule has 2 aromatic heterocycles. The van der Waals surface area contributed by atoms with Crippen LogP contribution >= 0.6 is 11.8 Å². The predicted octanol–water partition coefficient (Wildman–Crippen LogP) is 7.32. The molecule has 0 amide bonds. The third kappa shape index (κ3) is 2.26. The second kappa shape index (κ2) is 5.99. The zero-order chi connectivity index (χ0) is 21.2. The van der Waals surface area contributed by atoms with Crippen LogP contribution in [0.4, 0.5) is 0 Å². The summed E-state index contributed by atoms with van der Waals surface area (Å²) in [5.74, 6) is 2.92. The molecule has 160 valence electrons. The Balaban J connectivity index is 1.39. The number of benzene rings is 2. The lowest BCUT2D eigenvalue weighted by Crippen LogP contribution is -2.48. The van der Waals surface area contributed by atoms with Crippen molar-refractivity contribution in [3.05, 3.63) is 53.9 Å². The monoisotopic (exact) mass is 438 g/mol. The molecule has 2 nitrogen and oxygen atoms in total. The number of pyridine rings is 1. The molecule has 0 saturated heterocycles. The molecular formula is C29H28NOS+. The number of aromatic nitrogens is 1. The molecule has 4 aliphatic carbocycles. The third-order valence-corrected chi connectivity index (χ3v) is 10.4. The molecule has 4 aromatic rings. The molecule has 4 saturated carbocycles. The van der Waals surface area contributed by atoms with E-state index in [0.29, 0.717) is 5.41 Å². The first kappa shape index (κ1) is 18.2. The van der Waals surface area contributed by atoms with E-state index in [9.17, 15) is 0 Å². The molecule has 3 heteroatoms. The van der Waals surface area contributed by atoms with E-state index in [-0.39, 0.29) is 0 Å². The Kier molecular flexibility index (Phi) is 3.41. The Morgan fingerprint density at radius 3 is 2.47 bits per heavy atom. The Morgan fingerprint density at radius 2 is 1.72 bits per heavy atom. The maximum atomic E-state index is 5.82. The van der Waals surface area contributed by atoms with Gasteiger partial charge in [-0.2, -0.15) is 0 Å². The van der Waals surface area contributed by atoms with E-state index in [2.05, 4.69) is 55.1 Å². The molecule has 9 rings (SSSR count). The van der Waals surface area contributed by atoms with Crippen LogP contribution in [-0.2, 0) is 12.5 Å². The molecule has 0 N–H and O–H groups in total. The van der Waals surface area contributed by atoms with Crippen molar-refractivity contribution in [2.24, 2.45) is 24.8 Å². The van der Waals surface area contributed by atoms with Crippen LogP contribution < -0.4 is 4.57 Å². The molecule has 5 aliphatic rings. The second-order valence-electron chi connectivity index (χ2n) is 11.2. The summed E-state index contributed by atoms with van der Waals surface area (Å²) in [4.78, 5) is 2.78. The van der Waals surface area contributed by atoms with Gasteiger partial charge in [-0.25, -0.2) is 4.57 Å². The molecule has 4 bridgehead atoms. The summed E-state index contributed by atoms with van der Waals surface area (Å²) in [6.45, 7) is 2.25. The van der Waals surface area contributed by atoms with Crippen molar-refractivity contribution in [1.82, 2.24) is 0 Å². The summed E-state index contributed by atoms with van der Waals surface area (Å²) < 4.78 is 8.15. The molecule has 0 radical (unpaired) electrons. The van der Waals surface area contributed by atoms with Gasteiger partial charge in [-0.3, -0.25) is 0 Å². The fourth-order valence-corrected chi connectivity index (χ4v) is 9.62. The van der Waals surface area contributed by atoms with Crippen molar-refractivity contribution in [1.29, 1.82) is 0 Å². The highest BCUT2D eigenvalue weighted by Gasteiger charge is 2.51. The Labute approximate surface area is 193 Å². The summed E-state index contributed by atoms with van der Waals surface area (Å²) in [5.41, 5.74) is 7.14. The van der Waals surface area contributed by atoms with Gasteiger partial charge >= 0.3 is 0 Å². The summed E-state index contributed by atoms with van der Waals surface area (Å²) >= 11 is 1.96. The van der Waals surface area contributed by atoms with Crippen LogP contribution in [0.5, 0.6) is 0 Å². The number of aryl methyl sites for hydroxylation is 2. The van der Waals surface area contributed by atoms with E-state index in [0.717, 1.165) is 23.3 Å². The van der Waals surface area contributed by atoms with Gasteiger partial charge in [-0.1, -0.05) is 17.8 Å². The molecular weight excluding hydrogens is 410 g/mol. The highest BCUT2D eigenvalue weighted by atomic mass is 32.2. The summed E-state index contributed by atoms with van der Waals surface area (Å²) in [6.07, 6.45) is 12.9. The lowest BCUT2D eigenvalue weighted by molar-refractivity contribution is -0.659. The van der Waals surface area contributed by atoms with E-state index < -0.39 is 0 Å². The van der Waals surface area contributed by atoms with Gasteiger partial charge in [0.1, 0.15) is 12.6 Å². The van der Waals surface area contributed by atoms with Crippen LogP contribution in [0.15, 0.2) is 57.0 Å². The maximum Gasteiger partial charge on any atom is 0.222 e. The van der Waals surface area contributed by atoms with E-state index >= 15 is 0 Å². The third-order valence-electron chi connectivity index (χ3n) is 9.29. The number of furan rings is 1. The smallest absolute Gasteiger partial charge is 0.222 e. The molecule has 0 unspecified atom stereocenters. The van der Waals surface area contributed by atoms with Crippen LogP contribution in [0.3, 0.4) is 0 Å². The van der Waals surface area contributed by atoms with Gasteiger partial charge in [0.05, 0.1) is 17.2 Å². The number of nitrogens with zero attached hydrogens (tertiary/aromatic N) is 1. The average molecular weight is 439 g/mol. The van der Waals surface area contributed by atoms with Gasteiger partial charge in [0.2, 0.25) is 5.69 Å². The van der Waals surface area contributed by atoms with Crippen LogP contribution in [-0.4, -0.2) is 0 Å². The van der Waals surface area contributed by atoms with E-state index in [1.54, 1.807) is 5.56 Å². The minimum absolute atomic E-state index is 0.430. The first-order chi connectivity index (χ1) is 15.6. The fraction of sp³-hybridized carbons (Fsp3) is 0.414. The second-order valence-corrected chi connectivity index (χ2v) is 12.3. The normalized spacial score (nSPS) is 29.8. The molecule has 2 aromatic carbocycles. The molecule has 4 fully saturated rings. The van der Waals surface area contributed by atoms with E-state index in [4.69, 9.17) is 4.42 Å². The maximum absolute atomic E-state index is 5.82. The molecule has 32 heavy (non-hydrogen) atoms. The topological polar surface area (TPSA) is 17.0 Å². The summed E-state index contributed by atoms with van der Waals surface area (Å²) in [5, 5.41) is 4.09. The number of hydrogen-bond donors (Lipinski definition) is 0. The minimum atomic E-state index is 0.430. The average Bonchev–Trinajstić information content (AvgIpc) is 3.23. The van der Waals surface area contributed by atoms with Crippen molar-refractivity contribution in [3.63, 3.8) is 0 Å². The van der Waals surface area contributed by atoms with Gasteiger partial charge in [0.15, 0.2) is 6.20 Å². The van der Waals surface area contributed by atoms with Gasteiger partial charge in [-0.05, 0) is 103 Å². The summed E-state index contributed by atoms with van der Waals surface area (Å²) in [6, 6.07) is 11.9. The number of fused-ring (bicyclic) bond motifs is 3. The van der Waals surface area contributed by atoms with E-state index in [1.165, 1.54) is 81.3 Å². The standard InChI is InChI=1S/C29H28NOS/c1-16-22-4-6-31-23(22)12-25-26(16)28-27-20(3-5-30(28)2)10-21(11-24(27)32-25)29-13-17-7-18(14-29)9-19(8-17)15-29/h3-6,10-12,17-19H,7-9,13-15H2,1-2H3/q+1. The predicted molar refractivity (Wildman–Crippen MR) is 129 cm³/mol. The van der Waals surface area contributed by atoms with Gasteiger partial charge in [0.25, 0.3) is 0 Å². The highest BCUT2D eigenvalue weighted by Crippen LogP contribution is 2.61. The number of rotatable bonds is 1. The Morgan fingerprint density at radius 1 is 0.969 bits per heavy atom. The first-order valence-electron chi connectivity index (χ1n) is 12.2. The largest absolute Gasteiger partial charge is 0.464 e. The fourth-order valence-electron chi connectivity index (χ4n) is 8.36. The Hall–Kier alpha value is -2.26. The van der Waals surface area contributed by atoms with Crippen molar-refractivity contribution in [3.8, 4) is 11.3 Å². The van der Waals surface area contributed by atoms with Gasteiger partial charge in [0, 0.05) is 21.2 Å². The molecule has 0 atom stereocenters. The quantitative estimate of drug-likeness (QED) is 0.255. The minimum Gasteiger partial charge on any atom is -0.464 e. The van der Waals surface area contributed by atoms with Crippen molar-refractivity contribution >= 4 is 33.5 Å². The lowest BCUT2D eigenvalue weighted by Gasteiger charge is -2.57. The first-order valence-corrected chi connectivity index (χ1v) is 13.1. The van der Waals surface area contributed by atoms with Crippen LogP contribution in [0, 0.1) is 24.7 Å². The molecule has 1 aliphatic heterocycles. The SMILES string of the molecule is Cc1c2c(cc3occc13)Sc1cc(C34CC5CC(CC(C5)C3)C4)cc3cc[n+](C)c-2c13. The van der Waals surface area contributed by atoms with Crippen LogP contribution in [0.1, 0.15) is 49.7 Å². The molecule has 0 spiro atoms. The highest BCUT2D eigenvalue weighted by molar-refractivity contribution is 7.99. The van der Waals surface area contributed by atoms with Crippen molar-refractivity contribution in [2.75, 3.05) is 0 Å². The van der Waals surface area contributed by atoms with Crippen LogP contribution in [0.25, 0.3) is 33.0 Å². The van der Waals surface area contributed by atoms with Crippen LogP contribution in [0.2, 0.25) is 0 Å². The number of hydrogen-bond acceptors (Lipinski definition) is 2. The lowest BCUT2D eigenvalue weighted by atomic mass is 9.48. The van der Waals surface area contributed by atoms with Gasteiger partial charge in [-0.15, -0.1) is 0 Å². The van der Waals surface area contributed by atoms with Gasteiger partial charge < -0.3 is 4.42 Å². The summed E-state index contributed by atoms with van der Waals surface area (Å²) in [7, 11) is 2.20.